The van der Waals surface area contributed by atoms with Crippen molar-refractivity contribution in [1.82, 2.24) is 4.90 Å². The second kappa shape index (κ2) is 9.59. The molecular formula is C27H25NO7. The predicted molar refractivity (Wildman–Crippen MR) is 125 cm³/mol. The number of hydrogen-bond acceptors (Lipinski definition) is 7. The number of rotatable bonds is 8. The SMILES string of the molecule is Cc1ccc(Oc2ccc(CC(=O)c3cc(C(=O)O)c(C4OCN4C)cc3C3OCO3)cc2)cc1. The van der Waals surface area contributed by atoms with Gasteiger partial charge < -0.3 is 24.1 Å². The van der Waals surface area contributed by atoms with Crippen molar-refractivity contribution in [3.05, 3.63) is 94.0 Å². The van der Waals surface area contributed by atoms with E-state index in [1.54, 1.807) is 18.2 Å². The fourth-order valence-electron chi connectivity index (χ4n) is 4.10. The number of aryl methyl sites for hydroxylation is 1. The van der Waals surface area contributed by atoms with Crippen molar-refractivity contribution in [2.75, 3.05) is 20.6 Å². The van der Waals surface area contributed by atoms with E-state index in [-0.39, 0.29) is 30.1 Å². The fraction of sp³-hybridized carbons (Fsp3) is 0.259. The Morgan fingerprint density at radius 2 is 1.60 bits per heavy atom. The van der Waals surface area contributed by atoms with Crippen molar-refractivity contribution < 1.29 is 33.6 Å². The van der Waals surface area contributed by atoms with Gasteiger partial charge >= 0.3 is 5.97 Å². The summed E-state index contributed by atoms with van der Waals surface area (Å²) >= 11 is 0. The lowest BCUT2D eigenvalue weighted by Crippen LogP contribution is -2.41. The molecule has 8 heteroatoms. The molecule has 0 spiro atoms. The largest absolute Gasteiger partial charge is 0.478 e. The van der Waals surface area contributed by atoms with Crippen LogP contribution in [0.1, 0.15) is 55.5 Å². The van der Waals surface area contributed by atoms with Gasteiger partial charge in [-0.05, 0) is 55.9 Å². The van der Waals surface area contributed by atoms with E-state index in [4.69, 9.17) is 18.9 Å². The summed E-state index contributed by atoms with van der Waals surface area (Å²) in [6.45, 7) is 2.53. The zero-order chi connectivity index (χ0) is 24.5. The van der Waals surface area contributed by atoms with Crippen LogP contribution < -0.4 is 4.74 Å². The molecule has 2 aliphatic rings. The Labute approximate surface area is 202 Å². The molecule has 1 atom stereocenters. The number of ether oxygens (including phenoxy) is 4. The van der Waals surface area contributed by atoms with E-state index in [0.717, 1.165) is 16.9 Å². The molecule has 1 N–H and O–H groups in total. The Kier molecular flexibility index (Phi) is 6.36. The molecule has 35 heavy (non-hydrogen) atoms. The fourth-order valence-corrected chi connectivity index (χ4v) is 4.10. The molecule has 0 bridgehead atoms. The Balaban J connectivity index is 1.38. The maximum Gasteiger partial charge on any atom is 0.336 e. The van der Waals surface area contributed by atoms with Crippen LogP contribution in [-0.4, -0.2) is 42.3 Å². The Hall–Kier alpha value is -3.56. The summed E-state index contributed by atoms with van der Waals surface area (Å²) in [5, 5.41) is 9.82. The van der Waals surface area contributed by atoms with Crippen LogP contribution in [0, 0.1) is 6.92 Å². The van der Waals surface area contributed by atoms with Gasteiger partial charge in [0.05, 0.1) is 5.56 Å². The normalized spacial score (nSPS) is 17.9. The van der Waals surface area contributed by atoms with Crippen molar-refractivity contribution >= 4 is 11.8 Å². The molecule has 0 amide bonds. The average molecular weight is 475 g/mol. The minimum atomic E-state index is -1.13. The van der Waals surface area contributed by atoms with E-state index in [1.165, 1.54) is 6.07 Å². The van der Waals surface area contributed by atoms with Crippen molar-refractivity contribution in [2.24, 2.45) is 0 Å². The molecule has 2 saturated heterocycles. The third-order valence-corrected chi connectivity index (χ3v) is 6.09. The van der Waals surface area contributed by atoms with Crippen LogP contribution >= 0.6 is 0 Å². The first-order valence-electron chi connectivity index (χ1n) is 11.2. The maximum atomic E-state index is 13.3. The van der Waals surface area contributed by atoms with Gasteiger partial charge in [0.25, 0.3) is 0 Å². The lowest BCUT2D eigenvalue weighted by molar-refractivity contribution is -0.327. The second-order valence-electron chi connectivity index (χ2n) is 8.68. The van der Waals surface area contributed by atoms with Gasteiger partial charge in [0.1, 0.15) is 24.5 Å². The monoisotopic (exact) mass is 475 g/mol. The second-order valence-corrected chi connectivity index (χ2v) is 8.68. The summed E-state index contributed by atoms with van der Waals surface area (Å²) in [4.78, 5) is 27.2. The van der Waals surface area contributed by atoms with E-state index in [9.17, 15) is 14.7 Å². The van der Waals surface area contributed by atoms with Crippen LogP contribution in [0.15, 0.2) is 60.7 Å². The third kappa shape index (κ3) is 4.82. The highest BCUT2D eigenvalue weighted by atomic mass is 16.8. The van der Waals surface area contributed by atoms with E-state index in [2.05, 4.69) is 0 Å². The Morgan fingerprint density at radius 3 is 2.11 bits per heavy atom. The quantitative estimate of drug-likeness (QED) is 0.463. The lowest BCUT2D eigenvalue weighted by Gasteiger charge is -2.39. The predicted octanol–water partition coefficient (Wildman–Crippen LogP) is 4.83. The molecule has 3 aromatic carbocycles. The molecule has 0 radical (unpaired) electrons. The molecule has 2 fully saturated rings. The Bertz CT molecular complexity index is 1250. The van der Waals surface area contributed by atoms with Crippen LogP contribution in [0.4, 0.5) is 0 Å². The molecule has 3 aromatic rings. The number of nitrogens with zero attached hydrogens (tertiary/aromatic N) is 1. The molecule has 8 nitrogen and oxygen atoms in total. The number of Topliss-reactive ketones (excluding diaryl/α,β-unsaturated/α-hetero) is 1. The first kappa shape index (κ1) is 23.2. The van der Waals surface area contributed by atoms with E-state index < -0.39 is 18.5 Å². The smallest absolute Gasteiger partial charge is 0.336 e. The van der Waals surface area contributed by atoms with Crippen molar-refractivity contribution in [1.29, 1.82) is 0 Å². The standard InChI is InChI=1S/C27H25NO7/c1-16-3-7-18(8-4-16)35-19-9-5-17(6-10-19)11-24(29)20-12-22(26(30)31)21(25-28(2)14-32-25)13-23(20)27-33-15-34-27/h3-10,12-13,25,27H,11,14-15H2,1-2H3,(H,30,31). The minimum absolute atomic E-state index is 0.0230. The zero-order valence-corrected chi connectivity index (χ0v) is 19.4. The van der Waals surface area contributed by atoms with E-state index >= 15 is 0 Å². The third-order valence-electron chi connectivity index (χ3n) is 6.09. The molecule has 2 heterocycles. The maximum absolute atomic E-state index is 13.3. The van der Waals surface area contributed by atoms with Crippen LogP contribution in [0.5, 0.6) is 11.5 Å². The topological polar surface area (TPSA) is 94.5 Å². The highest BCUT2D eigenvalue weighted by molar-refractivity contribution is 6.02. The van der Waals surface area contributed by atoms with Crippen LogP contribution in [0.2, 0.25) is 0 Å². The number of carbonyl (C=O) groups is 2. The van der Waals surface area contributed by atoms with Crippen molar-refractivity contribution in [3.63, 3.8) is 0 Å². The molecule has 2 aliphatic heterocycles. The number of ketones is 1. The molecule has 1 unspecified atom stereocenters. The van der Waals surface area contributed by atoms with Gasteiger partial charge in [0, 0.05) is 23.1 Å². The van der Waals surface area contributed by atoms with Gasteiger partial charge in [0.2, 0.25) is 0 Å². The van der Waals surface area contributed by atoms with E-state index in [1.807, 2.05) is 55.3 Å². The minimum Gasteiger partial charge on any atom is -0.478 e. The van der Waals surface area contributed by atoms with Crippen LogP contribution in [0.25, 0.3) is 0 Å². The molecule has 0 saturated carbocycles. The van der Waals surface area contributed by atoms with Gasteiger partial charge in [-0.25, -0.2) is 4.79 Å². The number of carbonyl (C=O) groups excluding carboxylic acids is 1. The molecular weight excluding hydrogens is 450 g/mol. The lowest BCUT2D eigenvalue weighted by atomic mass is 9.91. The van der Waals surface area contributed by atoms with Crippen LogP contribution in [-0.2, 0) is 20.6 Å². The van der Waals surface area contributed by atoms with E-state index in [0.29, 0.717) is 23.6 Å². The van der Waals surface area contributed by atoms with Gasteiger partial charge in [-0.1, -0.05) is 29.8 Å². The summed E-state index contributed by atoms with van der Waals surface area (Å²) in [7, 11) is 1.83. The summed E-state index contributed by atoms with van der Waals surface area (Å²) in [5.74, 6) is 0.0249. The molecule has 0 aliphatic carbocycles. The number of aromatic carboxylic acids is 1. The number of hydrogen-bond donors (Lipinski definition) is 1. The number of carboxylic acids is 1. The summed E-state index contributed by atoms with van der Waals surface area (Å²) in [5.41, 5.74) is 3.18. The van der Waals surface area contributed by atoms with Gasteiger partial charge in [-0.15, -0.1) is 0 Å². The molecule has 5 rings (SSSR count). The van der Waals surface area contributed by atoms with Crippen molar-refractivity contribution in [2.45, 2.75) is 25.9 Å². The number of carboxylic acid groups (broad SMARTS) is 1. The summed E-state index contributed by atoms with van der Waals surface area (Å²) in [6.07, 6.45) is -1.13. The first-order chi connectivity index (χ1) is 16.9. The zero-order valence-electron chi connectivity index (χ0n) is 19.4. The summed E-state index contributed by atoms with van der Waals surface area (Å²) < 4.78 is 22.3. The highest BCUT2D eigenvalue weighted by Gasteiger charge is 2.35. The molecule has 0 aromatic heterocycles. The van der Waals surface area contributed by atoms with Crippen LogP contribution in [0.3, 0.4) is 0 Å². The molecule has 180 valence electrons. The average Bonchev–Trinajstić information content (AvgIpc) is 2.79. The summed E-state index contributed by atoms with van der Waals surface area (Å²) in [6, 6.07) is 18.0. The van der Waals surface area contributed by atoms with Crippen molar-refractivity contribution in [3.8, 4) is 11.5 Å². The number of benzene rings is 3. The Morgan fingerprint density at radius 1 is 0.943 bits per heavy atom. The van der Waals surface area contributed by atoms with Gasteiger partial charge in [-0.3, -0.25) is 9.69 Å². The van der Waals surface area contributed by atoms with Gasteiger partial charge in [0.15, 0.2) is 18.9 Å². The van der Waals surface area contributed by atoms with Gasteiger partial charge in [-0.2, -0.15) is 0 Å². The first-order valence-corrected chi connectivity index (χ1v) is 11.2. The highest BCUT2D eigenvalue weighted by Crippen LogP contribution is 2.37.